The third-order valence-corrected chi connectivity index (χ3v) is 16.7. The molecule has 81 heavy (non-hydrogen) atoms. The highest BCUT2D eigenvalue weighted by Gasteiger charge is 2.45. The fourth-order valence-corrected chi connectivity index (χ4v) is 12.8. The van der Waals surface area contributed by atoms with E-state index >= 15 is 0 Å². The van der Waals surface area contributed by atoms with Crippen molar-refractivity contribution >= 4 is 57.2 Å². The van der Waals surface area contributed by atoms with Gasteiger partial charge in [0.15, 0.2) is 0 Å². The fraction of sp³-hybridized carbons (Fsp3) is 0.0769. The predicted molar refractivity (Wildman–Crippen MR) is 347 cm³/mol. The van der Waals surface area contributed by atoms with Gasteiger partial charge in [-0.15, -0.1) is 0 Å². The lowest BCUT2D eigenvalue weighted by atomic mass is 9.33. The zero-order chi connectivity index (χ0) is 56.3. The molecule has 0 saturated heterocycles. The van der Waals surface area contributed by atoms with Crippen LogP contribution in [0.25, 0.3) is 77.9 Å². The molecule has 3 heteroatoms. The molecule has 12 aromatic rings. The average Bonchev–Trinajstić information content (AvgIpc) is 3.65. The highest BCUT2D eigenvalue weighted by molar-refractivity contribution is 7.00. The Morgan fingerprint density at radius 1 is 0.296 bits per heavy atom. The minimum Gasteiger partial charge on any atom is -0.310 e. The standard InChI is InChI=1S/C78H61BN2/c1-52(2)60-41-44-64(69(47-60)53(3)4)63-50-74-76-75(51-63)81(78-67(58-33-19-9-20-34-58)39-24-40-68(78)59-35-21-10-22-36-59)73-46-43-62(55-27-13-6-14-28-55)49-71(73)79(76)70-48-61(54-25-11-5-12-26-54)42-45-72(70)80(74)77-65(56-29-15-7-16-30-56)37-23-38-66(77)57-31-17-8-18-32-57/h5-53H,1-4H3/i23D,24D. The fourth-order valence-electron chi connectivity index (χ4n) is 12.8. The maximum absolute atomic E-state index is 9.61. The largest absolute Gasteiger partial charge is 0.310 e. The molecular weight excluding hydrogens is 976 g/mol. The quantitative estimate of drug-likeness (QED) is 0.119. The van der Waals surface area contributed by atoms with E-state index in [1.807, 2.05) is 0 Å². The Hall–Kier alpha value is -9.70. The van der Waals surface area contributed by atoms with Crippen molar-refractivity contribution < 1.29 is 2.74 Å². The van der Waals surface area contributed by atoms with Gasteiger partial charge in [0.25, 0.3) is 6.71 Å². The first-order valence-electron chi connectivity index (χ1n) is 29.5. The molecule has 2 nitrogen and oxygen atoms in total. The van der Waals surface area contributed by atoms with Gasteiger partial charge in [-0.2, -0.15) is 0 Å². The summed E-state index contributed by atoms with van der Waals surface area (Å²) in [4.78, 5) is 5.13. The third-order valence-electron chi connectivity index (χ3n) is 16.7. The summed E-state index contributed by atoms with van der Waals surface area (Å²) in [5, 5.41) is 0. The molecule has 0 fully saturated rings. The monoisotopic (exact) mass is 1040 g/mol. The summed E-state index contributed by atoms with van der Waals surface area (Å²) in [5.74, 6) is 0.580. The molecule has 14 rings (SSSR count). The molecule has 0 unspecified atom stereocenters. The van der Waals surface area contributed by atoms with Gasteiger partial charge in [-0.05, 0) is 119 Å². The molecule has 12 aromatic carbocycles. The van der Waals surface area contributed by atoms with Gasteiger partial charge in [-0.25, -0.2) is 0 Å². The van der Waals surface area contributed by atoms with Crippen LogP contribution in [0, 0.1) is 0 Å². The summed E-state index contributed by atoms with van der Waals surface area (Å²) >= 11 is 0. The zero-order valence-electron chi connectivity index (χ0n) is 48.1. The number of benzene rings is 12. The molecule has 0 N–H and O–H groups in total. The first-order valence-corrected chi connectivity index (χ1v) is 28.5. The van der Waals surface area contributed by atoms with Gasteiger partial charge in [0.2, 0.25) is 0 Å². The van der Waals surface area contributed by atoms with Gasteiger partial charge in [-0.3, -0.25) is 0 Å². The van der Waals surface area contributed by atoms with E-state index in [1.165, 1.54) is 33.1 Å². The number of fused-ring (bicyclic) bond motifs is 4. The van der Waals surface area contributed by atoms with Crippen molar-refractivity contribution in [3.05, 3.63) is 296 Å². The molecule has 2 aliphatic heterocycles. The van der Waals surface area contributed by atoms with Crippen LogP contribution in [-0.2, 0) is 0 Å². The van der Waals surface area contributed by atoms with Crippen LogP contribution in [0.2, 0.25) is 0 Å². The van der Waals surface area contributed by atoms with E-state index in [0.717, 1.165) is 106 Å². The van der Waals surface area contributed by atoms with Crippen molar-refractivity contribution in [2.24, 2.45) is 0 Å². The molecule has 0 saturated carbocycles. The van der Waals surface area contributed by atoms with E-state index in [-0.39, 0.29) is 12.6 Å². The normalized spacial score (nSPS) is 12.7. The van der Waals surface area contributed by atoms with Crippen LogP contribution in [0.4, 0.5) is 34.1 Å². The molecule has 0 amide bonds. The third kappa shape index (κ3) is 8.78. The highest BCUT2D eigenvalue weighted by atomic mass is 15.2. The van der Waals surface area contributed by atoms with Crippen LogP contribution < -0.4 is 26.2 Å². The number of anilines is 6. The maximum Gasteiger partial charge on any atom is 0.252 e. The summed E-state index contributed by atoms with van der Waals surface area (Å²) in [6, 6.07) is 99.7. The van der Waals surface area contributed by atoms with Crippen LogP contribution in [0.15, 0.2) is 285 Å². The topological polar surface area (TPSA) is 6.48 Å². The van der Waals surface area contributed by atoms with Gasteiger partial charge in [-0.1, -0.05) is 289 Å². The van der Waals surface area contributed by atoms with Crippen LogP contribution in [0.3, 0.4) is 0 Å². The summed E-state index contributed by atoms with van der Waals surface area (Å²) in [5.41, 5.74) is 27.4. The SMILES string of the molecule is [2H]c1cc(-c2ccccc2)c(N2c3ccc(-c4ccccc4)cc3B3c4cc(-c5ccccc5)ccc4N(c4c(-c5ccccc5)cc([2H])cc4-c4ccccc4)c4cc(-c5ccc(C(C)C)cc5C(C)C)cc2c43)c(-c2ccccc2)c1. The van der Waals surface area contributed by atoms with Crippen molar-refractivity contribution in [3.63, 3.8) is 0 Å². The van der Waals surface area contributed by atoms with Crippen LogP contribution in [-0.4, -0.2) is 6.71 Å². The van der Waals surface area contributed by atoms with Gasteiger partial charge in [0.1, 0.15) is 0 Å². The molecule has 0 radical (unpaired) electrons. The lowest BCUT2D eigenvalue weighted by molar-refractivity contribution is 0.835. The number of hydrogen-bond donors (Lipinski definition) is 0. The second-order valence-electron chi connectivity index (χ2n) is 22.2. The predicted octanol–water partition coefficient (Wildman–Crippen LogP) is 19.7. The lowest BCUT2D eigenvalue weighted by Crippen LogP contribution is -2.61. The van der Waals surface area contributed by atoms with Crippen molar-refractivity contribution in [2.45, 2.75) is 39.5 Å². The average molecular weight is 1040 g/mol. The minimum atomic E-state index is -0.252. The summed E-state index contributed by atoms with van der Waals surface area (Å²) in [7, 11) is 0. The van der Waals surface area contributed by atoms with Gasteiger partial charge in [0.05, 0.1) is 14.1 Å². The van der Waals surface area contributed by atoms with E-state index in [9.17, 15) is 2.74 Å². The zero-order valence-corrected chi connectivity index (χ0v) is 46.1. The smallest absolute Gasteiger partial charge is 0.252 e. The van der Waals surface area contributed by atoms with E-state index in [0.29, 0.717) is 18.0 Å². The Morgan fingerprint density at radius 3 is 1.00 bits per heavy atom. The molecule has 0 spiro atoms. The molecule has 2 heterocycles. The van der Waals surface area contributed by atoms with Gasteiger partial charge < -0.3 is 9.80 Å². The van der Waals surface area contributed by atoms with Crippen LogP contribution in [0.1, 0.15) is 53.4 Å². The Morgan fingerprint density at radius 2 is 0.654 bits per heavy atom. The van der Waals surface area contributed by atoms with E-state index in [4.69, 9.17) is 0 Å². The Balaban J connectivity index is 1.20. The molecule has 2 aliphatic rings. The first kappa shape index (κ1) is 47.3. The number of hydrogen-bond acceptors (Lipinski definition) is 2. The summed E-state index contributed by atoms with van der Waals surface area (Å²) < 4.78 is 19.2. The van der Waals surface area contributed by atoms with Crippen LogP contribution >= 0.6 is 0 Å². The number of para-hydroxylation sites is 2. The Kier molecular flexibility index (Phi) is 12.2. The molecular formula is C78H61BN2. The minimum absolute atomic E-state index is 0.225. The second kappa shape index (κ2) is 20.8. The van der Waals surface area contributed by atoms with Gasteiger partial charge in [0, 0.05) is 45.0 Å². The highest BCUT2D eigenvalue weighted by Crippen LogP contribution is 2.54. The Bertz CT molecular complexity index is 4020. The molecule has 0 aromatic heterocycles. The van der Waals surface area contributed by atoms with Crippen molar-refractivity contribution in [1.29, 1.82) is 0 Å². The van der Waals surface area contributed by atoms with E-state index < -0.39 is 0 Å². The van der Waals surface area contributed by atoms with E-state index in [1.54, 1.807) is 0 Å². The van der Waals surface area contributed by atoms with E-state index in [2.05, 4.69) is 310 Å². The van der Waals surface area contributed by atoms with Crippen molar-refractivity contribution in [2.75, 3.05) is 9.80 Å². The van der Waals surface area contributed by atoms with Crippen LogP contribution in [0.5, 0.6) is 0 Å². The first-order chi connectivity index (χ1) is 40.7. The number of nitrogens with zero attached hydrogens (tertiary/aromatic N) is 2. The van der Waals surface area contributed by atoms with Crippen molar-refractivity contribution in [1.82, 2.24) is 0 Å². The summed E-state index contributed by atoms with van der Waals surface area (Å²) in [6.45, 7) is 8.96. The molecule has 0 bridgehead atoms. The second-order valence-corrected chi connectivity index (χ2v) is 22.2. The molecule has 0 aliphatic carbocycles. The Labute approximate surface area is 480 Å². The number of rotatable bonds is 11. The lowest BCUT2D eigenvalue weighted by Gasteiger charge is -2.46. The van der Waals surface area contributed by atoms with Crippen molar-refractivity contribution in [3.8, 4) is 77.9 Å². The molecule has 386 valence electrons. The van der Waals surface area contributed by atoms with Gasteiger partial charge >= 0.3 is 0 Å². The summed E-state index contributed by atoms with van der Waals surface area (Å²) in [6.07, 6.45) is 0. The maximum atomic E-state index is 9.61. The molecule has 0 atom stereocenters.